The van der Waals surface area contributed by atoms with Gasteiger partial charge in [-0.05, 0) is 23.6 Å². The van der Waals surface area contributed by atoms with Crippen LogP contribution in [0, 0.1) is 0 Å². The molecule has 8 nitrogen and oxygen atoms in total. The van der Waals surface area contributed by atoms with Crippen LogP contribution in [0.15, 0.2) is 59.1 Å². The molecule has 2 N–H and O–H groups in total. The van der Waals surface area contributed by atoms with Gasteiger partial charge >= 0.3 is 0 Å². The molecule has 138 valence electrons. The number of anilines is 2. The summed E-state index contributed by atoms with van der Waals surface area (Å²) in [6.07, 6.45) is 2.71. The largest absolute Gasteiger partial charge is 0.362 e. The molecule has 0 saturated heterocycles. The van der Waals surface area contributed by atoms with Gasteiger partial charge < -0.3 is 5.32 Å². The number of nitrogens with zero attached hydrogens (tertiary/aromatic N) is 4. The van der Waals surface area contributed by atoms with Crippen LogP contribution in [0.3, 0.4) is 0 Å². The molecule has 0 atom stereocenters. The SMILES string of the molecule is Cn1cc(S(=O)(=O)Nc2nc3ccccc3nc2NCc2cccs2)cn1. The van der Waals surface area contributed by atoms with Crippen LogP contribution < -0.4 is 10.0 Å². The summed E-state index contributed by atoms with van der Waals surface area (Å²) in [5.74, 6) is 0.517. The number of aryl methyl sites for hydroxylation is 1. The number of aromatic nitrogens is 4. The van der Waals surface area contributed by atoms with Crippen molar-refractivity contribution < 1.29 is 8.42 Å². The van der Waals surface area contributed by atoms with E-state index in [2.05, 4.69) is 25.1 Å². The van der Waals surface area contributed by atoms with Crippen molar-refractivity contribution in [2.45, 2.75) is 11.4 Å². The lowest BCUT2D eigenvalue weighted by atomic mass is 10.3. The Morgan fingerprint density at radius 3 is 2.44 bits per heavy atom. The van der Waals surface area contributed by atoms with E-state index < -0.39 is 10.0 Å². The van der Waals surface area contributed by atoms with Crippen LogP contribution in [-0.4, -0.2) is 28.2 Å². The molecule has 0 unspecified atom stereocenters. The Morgan fingerprint density at radius 2 is 1.81 bits per heavy atom. The third kappa shape index (κ3) is 3.76. The van der Waals surface area contributed by atoms with E-state index in [1.54, 1.807) is 24.5 Å². The van der Waals surface area contributed by atoms with Crippen LogP contribution in [0.1, 0.15) is 4.88 Å². The zero-order chi connectivity index (χ0) is 18.9. The van der Waals surface area contributed by atoms with Gasteiger partial charge in [0.25, 0.3) is 10.0 Å². The Balaban J connectivity index is 1.71. The number of benzene rings is 1. The Labute approximate surface area is 160 Å². The third-order valence-electron chi connectivity index (χ3n) is 3.80. The molecule has 0 bridgehead atoms. The number of hydrogen-bond donors (Lipinski definition) is 2. The van der Waals surface area contributed by atoms with Crippen LogP contribution in [0.25, 0.3) is 11.0 Å². The fourth-order valence-corrected chi connectivity index (χ4v) is 4.14. The highest BCUT2D eigenvalue weighted by molar-refractivity contribution is 7.92. The minimum absolute atomic E-state index is 0.0594. The van der Waals surface area contributed by atoms with Crippen molar-refractivity contribution in [1.29, 1.82) is 0 Å². The molecule has 0 aliphatic carbocycles. The average molecular weight is 400 g/mol. The second kappa shape index (κ2) is 6.97. The first kappa shape index (κ1) is 17.4. The van der Waals surface area contributed by atoms with Gasteiger partial charge in [0.2, 0.25) is 0 Å². The summed E-state index contributed by atoms with van der Waals surface area (Å²) in [5, 5.41) is 9.07. The molecule has 0 saturated carbocycles. The Bertz CT molecular complexity index is 1190. The van der Waals surface area contributed by atoms with Crippen LogP contribution in [0.5, 0.6) is 0 Å². The first-order valence-electron chi connectivity index (χ1n) is 8.06. The van der Waals surface area contributed by atoms with E-state index in [0.29, 0.717) is 23.4 Å². The fraction of sp³-hybridized carbons (Fsp3) is 0.118. The Hall–Kier alpha value is -2.98. The molecule has 10 heteroatoms. The third-order valence-corrected chi connectivity index (χ3v) is 5.97. The van der Waals surface area contributed by atoms with Gasteiger partial charge in [-0.2, -0.15) is 5.10 Å². The highest BCUT2D eigenvalue weighted by atomic mass is 32.2. The molecule has 0 radical (unpaired) electrons. The quantitative estimate of drug-likeness (QED) is 0.516. The van der Waals surface area contributed by atoms with E-state index in [9.17, 15) is 8.42 Å². The molecule has 3 aromatic heterocycles. The van der Waals surface area contributed by atoms with Gasteiger partial charge in [-0.3, -0.25) is 9.40 Å². The number of para-hydroxylation sites is 2. The van der Waals surface area contributed by atoms with Crippen molar-refractivity contribution in [3.8, 4) is 0 Å². The van der Waals surface area contributed by atoms with Crippen LogP contribution in [0.4, 0.5) is 11.6 Å². The molecule has 0 aliphatic rings. The van der Waals surface area contributed by atoms with Gasteiger partial charge in [0.1, 0.15) is 4.90 Å². The van der Waals surface area contributed by atoms with Crippen molar-refractivity contribution in [1.82, 2.24) is 19.7 Å². The predicted octanol–water partition coefficient (Wildman–Crippen LogP) is 2.84. The molecule has 0 fully saturated rings. The van der Waals surface area contributed by atoms with E-state index in [1.165, 1.54) is 17.1 Å². The maximum Gasteiger partial charge on any atom is 0.266 e. The molecule has 0 amide bonds. The Morgan fingerprint density at radius 1 is 1.07 bits per heavy atom. The van der Waals surface area contributed by atoms with Gasteiger partial charge in [0.15, 0.2) is 11.6 Å². The monoisotopic (exact) mass is 400 g/mol. The summed E-state index contributed by atoms with van der Waals surface area (Å²) in [5.41, 5.74) is 1.28. The number of fused-ring (bicyclic) bond motifs is 1. The minimum Gasteiger partial charge on any atom is -0.362 e. The summed E-state index contributed by atoms with van der Waals surface area (Å²) in [7, 11) is -2.17. The van der Waals surface area contributed by atoms with Gasteiger partial charge in [-0.25, -0.2) is 18.4 Å². The standard InChI is InChI=1S/C17H16N6O2S2/c1-23-11-13(10-19-23)27(24,25)22-17-16(18-9-12-5-4-8-26-12)20-14-6-2-3-7-15(14)21-17/h2-8,10-11H,9H2,1H3,(H,18,20)(H,21,22). The summed E-state index contributed by atoms with van der Waals surface area (Å²) in [4.78, 5) is 10.2. The lowest BCUT2D eigenvalue weighted by molar-refractivity contribution is 0.601. The van der Waals surface area contributed by atoms with E-state index in [-0.39, 0.29) is 10.7 Å². The maximum atomic E-state index is 12.7. The lowest BCUT2D eigenvalue weighted by Gasteiger charge is -2.12. The Kier molecular flexibility index (Phi) is 4.50. The molecule has 0 spiro atoms. The highest BCUT2D eigenvalue weighted by Crippen LogP contribution is 2.25. The summed E-state index contributed by atoms with van der Waals surface area (Å²) < 4.78 is 29.3. The number of thiophene rings is 1. The molecular weight excluding hydrogens is 384 g/mol. The van der Waals surface area contributed by atoms with Crippen molar-refractivity contribution >= 4 is 44.0 Å². The molecule has 4 aromatic rings. The summed E-state index contributed by atoms with van der Waals surface area (Å²) >= 11 is 1.60. The summed E-state index contributed by atoms with van der Waals surface area (Å²) in [6, 6.07) is 11.3. The normalized spacial score (nSPS) is 11.6. The second-order valence-corrected chi connectivity index (χ2v) is 8.51. The molecule has 4 rings (SSSR count). The zero-order valence-corrected chi connectivity index (χ0v) is 16.0. The van der Waals surface area contributed by atoms with Crippen LogP contribution in [0.2, 0.25) is 0 Å². The molecule has 0 aliphatic heterocycles. The number of nitrogens with one attached hydrogen (secondary N) is 2. The average Bonchev–Trinajstić information content (AvgIpc) is 3.31. The van der Waals surface area contributed by atoms with E-state index in [4.69, 9.17) is 0 Å². The van der Waals surface area contributed by atoms with Gasteiger partial charge in [-0.15, -0.1) is 11.3 Å². The van der Waals surface area contributed by atoms with E-state index >= 15 is 0 Å². The molecule has 1 aromatic carbocycles. The molecule has 27 heavy (non-hydrogen) atoms. The van der Waals surface area contributed by atoms with Gasteiger partial charge in [0.05, 0.1) is 23.8 Å². The fourth-order valence-electron chi connectivity index (χ4n) is 2.50. The van der Waals surface area contributed by atoms with Crippen molar-refractivity contribution in [3.05, 3.63) is 59.0 Å². The van der Waals surface area contributed by atoms with Crippen molar-refractivity contribution in [2.75, 3.05) is 10.0 Å². The molecular formula is C17H16N6O2S2. The number of sulfonamides is 1. The number of rotatable bonds is 6. The van der Waals surface area contributed by atoms with Crippen LogP contribution >= 0.6 is 11.3 Å². The topological polar surface area (TPSA) is 102 Å². The predicted molar refractivity (Wildman–Crippen MR) is 105 cm³/mol. The maximum absolute atomic E-state index is 12.7. The smallest absolute Gasteiger partial charge is 0.266 e. The van der Waals surface area contributed by atoms with Crippen molar-refractivity contribution in [3.63, 3.8) is 0 Å². The van der Waals surface area contributed by atoms with Crippen molar-refractivity contribution in [2.24, 2.45) is 7.05 Å². The van der Waals surface area contributed by atoms with E-state index in [0.717, 1.165) is 4.88 Å². The zero-order valence-electron chi connectivity index (χ0n) is 14.3. The lowest BCUT2D eigenvalue weighted by Crippen LogP contribution is -2.16. The first-order valence-corrected chi connectivity index (χ1v) is 10.4. The van der Waals surface area contributed by atoms with Gasteiger partial charge in [0, 0.05) is 18.1 Å². The van der Waals surface area contributed by atoms with Gasteiger partial charge in [-0.1, -0.05) is 18.2 Å². The van der Waals surface area contributed by atoms with E-state index in [1.807, 2.05) is 35.7 Å². The summed E-state index contributed by atoms with van der Waals surface area (Å²) in [6.45, 7) is 0.520. The number of hydrogen-bond acceptors (Lipinski definition) is 7. The molecule has 3 heterocycles. The second-order valence-electron chi connectivity index (χ2n) is 5.80. The highest BCUT2D eigenvalue weighted by Gasteiger charge is 2.20. The minimum atomic E-state index is -3.83. The van der Waals surface area contributed by atoms with Crippen LogP contribution in [-0.2, 0) is 23.6 Å². The first-order chi connectivity index (χ1) is 13.0.